The van der Waals surface area contributed by atoms with E-state index >= 15 is 0 Å². The van der Waals surface area contributed by atoms with Crippen LogP contribution in [0.5, 0.6) is 0 Å². The zero-order valence-electron chi connectivity index (χ0n) is 8.12. The van der Waals surface area contributed by atoms with Gasteiger partial charge in [-0.1, -0.05) is 19.9 Å². The topological polar surface area (TPSA) is 40.5 Å². The van der Waals surface area contributed by atoms with Crippen LogP contribution in [0.15, 0.2) is 12.3 Å². The fourth-order valence-corrected chi connectivity index (χ4v) is 1.69. The first kappa shape index (κ1) is 10.1. The van der Waals surface area contributed by atoms with Crippen molar-refractivity contribution in [1.29, 1.82) is 0 Å². The van der Waals surface area contributed by atoms with E-state index in [1.165, 1.54) is 0 Å². The Morgan fingerprint density at radius 2 is 2.46 bits per heavy atom. The van der Waals surface area contributed by atoms with Crippen LogP contribution in [0.25, 0.3) is 0 Å². The van der Waals surface area contributed by atoms with Gasteiger partial charge in [0.25, 0.3) is 0 Å². The average molecular weight is 183 g/mol. The van der Waals surface area contributed by atoms with Crippen molar-refractivity contribution in [2.45, 2.75) is 38.6 Å². The molecule has 1 heterocycles. The maximum Gasteiger partial charge on any atom is 0.223 e. The Bertz CT molecular complexity index is 213. The maximum atomic E-state index is 11.4. The van der Waals surface area contributed by atoms with E-state index in [4.69, 9.17) is 0 Å². The van der Waals surface area contributed by atoms with Crippen LogP contribution in [0, 0.1) is 0 Å². The SMILES string of the molecule is C=C(O)C1CCC(=O)N1CCCC. The Morgan fingerprint density at radius 1 is 1.77 bits per heavy atom. The number of aliphatic hydroxyl groups excluding tert-OH is 1. The van der Waals surface area contributed by atoms with Gasteiger partial charge in [0.2, 0.25) is 5.91 Å². The van der Waals surface area contributed by atoms with Gasteiger partial charge in [0.1, 0.15) is 5.76 Å². The molecule has 74 valence electrons. The third kappa shape index (κ3) is 2.23. The molecule has 0 spiro atoms. The maximum absolute atomic E-state index is 11.4. The highest BCUT2D eigenvalue weighted by molar-refractivity contribution is 5.79. The smallest absolute Gasteiger partial charge is 0.223 e. The van der Waals surface area contributed by atoms with Crippen LogP contribution in [0.4, 0.5) is 0 Å². The van der Waals surface area contributed by atoms with Crippen molar-refractivity contribution in [1.82, 2.24) is 4.90 Å². The molecule has 1 rings (SSSR count). The molecule has 1 amide bonds. The molecule has 1 saturated heterocycles. The Labute approximate surface area is 79.0 Å². The number of hydrogen-bond donors (Lipinski definition) is 1. The van der Waals surface area contributed by atoms with Gasteiger partial charge in [0.15, 0.2) is 0 Å². The van der Waals surface area contributed by atoms with Crippen LogP contribution in [0.2, 0.25) is 0 Å². The quantitative estimate of drug-likeness (QED) is 0.676. The lowest BCUT2D eigenvalue weighted by Gasteiger charge is -2.23. The summed E-state index contributed by atoms with van der Waals surface area (Å²) in [5, 5.41) is 9.25. The third-order valence-electron chi connectivity index (χ3n) is 2.47. The Balaban J connectivity index is 2.55. The summed E-state index contributed by atoms with van der Waals surface area (Å²) in [6.45, 7) is 6.33. The van der Waals surface area contributed by atoms with Crippen LogP contribution in [0.1, 0.15) is 32.6 Å². The summed E-state index contributed by atoms with van der Waals surface area (Å²) in [6, 6.07) is -0.126. The summed E-state index contributed by atoms with van der Waals surface area (Å²) in [5.74, 6) is 0.274. The molecule has 1 N–H and O–H groups in total. The number of aliphatic hydroxyl groups is 1. The van der Waals surface area contributed by atoms with Gasteiger partial charge in [-0.05, 0) is 12.8 Å². The second-order valence-electron chi connectivity index (χ2n) is 3.49. The molecule has 3 heteroatoms. The lowest BCUT2D eigenvalue weighted by Crippen LogP contribution is -2.34. The minimum absolute atomic E-state index is 0.126. The summed E-state index contributed by atoms with van der Waals surface area (Å²) in [6.07, 6.45) is 3.33. The second kappa shape index (κ2) is 4.30. The summed E-state index contributed by atoms with van der Waals surface area (Å²) >= 11 is 0. The van der Waals surface area contributed by atoms with Crippen molar-refractivity contribution in [3.63, 3.8) is 0 Å². The van der Waals surface area contributed by atoms with Crippen molar-refractivity contribution in [3.05, 3.63) is 12.3 Å². The van der Waals surface area contributed by atoms with E-state index in [0.717, 1.165) is 25.8 Å². The van der Waals surface area contributed by atoms with Gasteiger partial charge in [-0.25, -0.2) is 0 Å². The highest BCUT2D eigenvalue weighted by Gasteiger charge is 2.31. The van der Waals surface area contributed by atoms with Crippen molar-refractivity contribution in [2.75, 3.05) is 6.54 Å². The van der Waals surface area contributed by atoms with Crippen LogP contribution in [-0.2, 0) is 4.79 Å². The summed E-state index contributed by atoms with van der Waals surface area (Å²) in [7, 11) is 0. The first-order valence-electron chi connectivity index (χ1n) is 4.84. The lowest BCUT2D eigenvalue weighted by atomic mass is 10.2. The normalized spacial score (nSPS) is 22.4. The summed E-state index contributed by atoms with van der Waals surface area (Å²) < 4.78 is 0. The first-order valence-corrected chi connectivity index (χ1v) is 4.84. The molecule has 0 bridgehead atoms. The van der Waals surface area contributed by atoms with Crippen molar-refractivity contribution in [3.8, 4) is 0 Å². The molecule has 1 unspecified atom stereocenters. The molecule has 1 aliphatic heterocycles. The third-order valence-corrected chi connectivity index (χ3v) is 2.47. The second-order valence-corrected chi connectivity index (χ2v) is 3.49. The van der Waals surface area contributed by atoms with E-state index in [1.54, 1.807) is 4.90 Å². The highest BCUT2D eigenvalue weighted by atomic mass is 16.3. The zero-order valence-corrected chi connectivity index (χ0v) is 8.12. The molecule has 0 radical (unpaired) electrons. The number of amides is 1. The van der Waals surface area contributed by atoms with E-state index in [-0.39, 0.29) is 17.7 Å². The monoisotopic (exact) mass is 183 g/mol. The van der Waals surface area contributed by atoms with Gasteiger partial charge in [0, 0.05) is 13.0 Å². The molecule has 3 nitrogen and oxygen atoms in total. The van der Waals surface area contributed by atoms with Crippen molar-refractivity contribution in [2.24, 2.45) is 0 Å². The minimum Gasteiger partial charge on any atom is -0.511 e. The fourth-order valence-electron chi connectivity index (χ4n) is 1.69. The van der Waals surface area contributed by atoms with E-state index < -0.39 is 0 Å². The summed E-state index contributed by atoms with van der Waals surface area (Å²) in [5.41, 5.74) is 0. The van der Waals surface area contributed by atoms with E-state index in [1.807, 2.05) is 0 Å². The molecule has 0 aromatic carbocycles. The predicted octanol–water partition coefficient (Wildman–Crippen LogP) is 1.85. The number of unbranched alkanes of at least 4 members (excludes halogenated alkanes) is 1. The standard InChI is InChI=1S/C10H17NO2/c1-3-4-7-11-9(8(2)12)5-6-10(11)13/h9,12H,2-7H2,1H3. The number of rotatable bonds is 4. The minimum atomic E-state index is -0.126. The molecule has 0 saturated carbocycles. The number of likely N-dealkylation sites (tertiary alicyclic amines) is 1. The van der Waals surface area contributed by atoms with Crippen molar-refractivity contribution < 1.29 is 9.90 Å². The van der Waals surface area contributed by atoms with Crippen LogP contribution >= 0.6 is 0 Å². The van der Waals surface area contributed by atoms with Gasteiger partial charge in [0.05, 0.1) is 6.04 Å². The highest BCUT2D eigenvalue weighted by Crippen LogP contribution is 2.22. The molecular formula is C10H17NO2. The zero-order chi connectivity index (χ0) is 9.84. The molecule has 0 aromatic heterocycles. The average Bonchev–Trinajstić information content (AvgIpc) is 2.43. The van der Waals surface area contributed by atoms with Gasteiger partial charge in [-0.2, -0.15) is 0 Å². The van der Waals surface area contributed by atoms with Gasteiger partial charge < -0.3 is 10.0 Å². The number of nitrogens with zero attached hydrogens (tertiary/aromatic N) is 1. The van der Waals surface area contributed by atoms with Gasteiger partial charge in [-0.3, -0.25) is 4.79 Å². The molecule has 1 atom stereocenters. The predicted molar refractivity (Wildman–Crippen MR) is 51.4 cm³/mol. The van der Waals surface area contributed by atoms with Crippen LogP contribution < -0.4 is 0 Å². The molecule has 1 fully saturated rings. The number of hydrogen-bond acceptors (Lipinski definition) is 2. The first-order chi connectivity index (χ1) is 6.16. The van der Waals surface area contributed by atoms with Crippen LogP contribution in [0.3, 0.4) is 0 Å². The molecule has 13 heavy (non-hydrogen) atoms. The largest absolute Gasteiger partial charge is 0.511 e. The lowest BCUT2D eigenvalue weighted by molar-refractivity contribution is -0.128. The number of carbonyl (C=O) groups excluding carboxylic acids is 1. The molecule has 0 aromatic rings. The van der Waals surface area contributed by atoms with Crippen LogP contribution in [-0.4, -0.2) is 28.5 Å². The molecular weight excluding hydrogens is 166 g/mol. The van der Waals surface area contributed by atoms with Gasteiger partial charge >= 0.3 is 0 Å². The van der Waals surface area contributed by atoms with Crippen molar-refractivity contribution >= 4 is 5.91 Å². The van der Waals surface area contributed by atoms with E-state index in [0.29, 0.717) is 6.42 Å². The van der Waals surface area contributed by atoms with E-state index in [2.05, 4.69) is 13.5 Å². The Kier molecular flexibility index (Phi) is 3.34. The molecule has 1 aliphatic rings. The summed E-state index contributed by atoms with van der Waals surface area (Å²) in [4.78, 5) is 13.1. The Morgan fingerprint density at radius 3 is 3.00 bits per heavy atom. The van der Waals surface area contributed by atoms with E-state index in [9.17, 15) is 9.90 Å². The fraction of sp³-hybridized carbons (Fsp3) is 0.700. The number of carbonyl (C=O) groups is 1. The molecule has 0 aliphatic carbocycles. The van der Waals surface area contributed by atoms with Gasteiger partial charge in [-0.15, -0.1) is 0 Å². The Hall–Kier alpha value is -0.990.